The molecule has 0 bridgehead atoms. The maximum absolute atomic E-state index is 13.7. The van der Waals surface area contributed by atoms with E-state index < -0.39 is 0 Å². The number of amides is 2. The van der Waals surface area contributed by atoms with Gasteiger partial charge in [-0.05, 0) is 43.5 Å². The number of methoxy groups -OCH3 is 1. The molecular formula is C29H39N3O5. The first kappa shape index (κ1) is 26.9. The Morgan fingerprint density at radius 3 is 2.57 bits per heavy atom. The highest BCUT2D eigenvalue weighted by Gasteiger charge is 2.35. The number of aliphatic hydroxyl groups excluding tert-OH is 1. The fourth-order valence-corrected chi connectivity index (χ4v) is 5.28. The predicted molar refractivity (Wildman–Crippen MR) is 142 cm³/mol. The first-order valence-electron chi connectivity index (χ1n) is 13.3. The van der Waals surface area contributed by atoms with E-state index in [4.69, 9.17) is 9.47 Å². The predicted octanol–water partition coefficient (Wildman–Crippen LogP) is 4.02. The van der Waals surface area contributed by atoms with E-state index in [1.54, 1.807) is 29.2 Å². The molecule has 2 heterocycles. The van der Waals surface area contributed by atoms with Crippen LogP contribution in [0.15, 0.2) is 36.5 Å². The molecule has 1 aromatic heterocycles. The van der Waals surface area contributed by atoms with Gasteiger partial charge in [-0.15, -0.1) is 0 Å². The van der Waals surface area contributed by atoms with Gasteiger partial charge in [-0.1, -0.05) is 38.3 Å². The minimum Gasteiger partial charge on any atom is -0.497 e. The van der Waals surface area contributed by atoms with Crippen LogP contribution in [0, 0.1) is 11.8 Å². The molecule has 8 heteroatoms. The molecule has 1 aliphatic carbocycles. The van der Waals surface area contributed by atoms with E-state index in [0.29, 0.717) is 18.7 Å². The summed E-state index contributed by atoms with van der Waals surface area (Å²) >= 11 is 0. The number of likely N-dealkylation sites (N-methyl/N-ethyl adjacent to an activating group) is 1. The Labute approximate surface area is 219 Å². The summed E-state index contributed by atoms with van der Waals surface area (Å²) in [5.41, 5.74) is 2.03. The molecule has 200 valence electrons. The summed E-state index contributed by atoms with van der Waals surface area (Å²) < 4.78 is 11.6. The third-order valence-electron chi connectivity index (χ3n) is 7.73. The summed E-state index contributed by atoms with van der Waals surface area (Å²) in [5.74, 6) is 0.943. The number of aliphatic hydroxyl groups is 1. The monoisotopic (exact) mass is 509 g/mol. The van der Waals surface area contributed by atoms with Crippen LogP contribution >= 0.6 is 0 Å². The SMILES string of the molecule is COc1ccc(-c2cnc3c(c2)C(=O)N([C@H](C)CO)C[C@@H](C)[C@@H](CN(C)C(=O)C2CCCCC2)O3)cc1. The zero-order valence-electron chi connectivity index (χ0n) is 22.4. The van der Waals surface area contributed by atoms with Gasteiger partial charge in [-0.2, -0.15) is 0 Å². The van der Waals surface area contributed by atoms with Crippen LogP contribution in [-0.2, 0) is 4.79 Å². The molecule has 37 heavy (non-hydrogen) atoms. The summed E-state index contributed by atoms with van der Waals surface area (Å²) in [4.78, 5) is 34.9. The molecule has 2 amide bonds. The molecule has 0 unspecified atom stereocenters. The molecule has 0 saturated heterocycles. The highest BCUT2D eigenvalue weighted by atomic mass is 16.5. The van der Waals surface area contributed by atoms with Crippen molar-refractivity contribution in [3.63, 3.8) is 0 Å². The van der Waals surface area contributed by atoms with Crippen molar-refractivity contribution in [2.45, 2.75) is 58.1 Å². The Kier molecular flexibility index (Phi) is 8.69. The Morgan fingerprint density at radius 1 is 1.22 bits per heavy atom. The lowest BCUT2D eigenvalue weighted by atomic mass is 9.88. The van der Waals surface area contributed by atoms with Gasteiger partial charge in [0.05, 0.1) is 26.3 Å². The average molecular weight is 510 g/mol. The van der Waals surface area contributed by atoms with E-state index in [9.17, 15) is 14.7 Å². The minimum absolute atomic E-state index is 0.0734. The van der Waals surface area contributed by atoms with Crippen LogP contribution in [0.4, 0.5) is 0 Å². The second-order valence-electron chi connectivity index (χ2n) is 10.5. The van der Waals surface area contributed by atoms with Gasteiger partial charge < -0.3 is 24.4 Å². The number of hydrogen-bond donors (Lipinski definition) is 1. The fraction of sp³-hybridized carbons (Fsp3) is 0.552. The lowest BCUT2D eigenvalue weighted by Gasteiger charge is -2.38. The van der Waals surface area contributed by atoms with Gasteiger partial charge in [0.1, 0.15) is 17.4 Å². The van der Waals surface area contributed by atoms with Gasteiger partial charge >= 0.3 is 0 Å². The van der Waals surface area contributed by atoms with Crippen LogP contribution < -0.4 is 9.47 Å². The number of rotatable bonds is 7. The number of aromatic nitrogens is 1. The Balaban J connectivity index is 1.64. The summed E-state index contributed by atoms with van der Waals surface area (Å²) in [5, 5.41) is 9.91. The van der Waals surface area contributed by atoms with Crippen molar-refractivity contribution in [1.29, 1.82) is 0 Å². The second-order valence-corrected chi connectivity index (χ2v) is 10.5. The highest BCUT2D eigenvalue weighted by Crippen LogP contribution is 2.31. The summed E-state index contributed by atoms with van der Waals surface area (Å²) in [6, 6.07) is 8.99. The molecule has 1 fully saturated rings. The Bertz CT molecular complexity index is 1080. The number of ether oxygens (including phenoxy) is 2. The van der Waals surface area contributed by atoms with Crippen molar-refractivity contribution in [2.24, 2.45) is 11.8 Å². The van der Waals surface area contributed by atoms with Crippen LogP contribution in [0.1, 0.15) is 56.3 Å². The van der Waals surface area contributed by atoms with Crippen molar-refractivity contribution in [2.75, 3.05) is 33.9 Å². The Morgan fingerprint density at radius 2 is 1.92 bits per heavy atom. The molecule has 1 aromatic carbocycles. The number of pyridine rings is 1. The van der Waals surface area contributed by atoms with Crippen molar-refractivity contribution in [3.05, 3.63) is 42.1 Å². The fourth-order valence-electron chi connectivity index (χ4n) is 5.28. The lowest BCUT2D eigenvalue weighted by Crippen LogP contribution is -2.51. The molecule has 2 aliphatic rings. The number of fused-ring (bicyclic) bond motifs is 1. The van der Waals surface area contributed by atoms with E-state index >= 15 is 0 Å². The van der Waals surface area contributed by atoms with Gasteiger partial charge in [-0.3, -0.25) is 9.59 Å². The molecule has 8 nitrogen and oxygen atoms in total. The van der Waals surface area contributed by atoms with Crippen LogP contribution in [0.3, 0.4) is 0 Å². The number of nitrogens with zero attached hydrogens (tertiary/aromatic N) is 3. The maximum atomic E-state index is 13.7. The number of hydrogen-bond acceptors (Lipinski definition) is 6. The molecule has 1 N–H and O–H groups in total. The zero-order valence-corrected chi connectivity index (χ0v) is 22.4. The highest BCUT2D eigenvalue weighted by molar-refractivity contribution is 5.98. The summed E-state index contributed by atoms with van der Waals surface area (Å²) in [7, 11) is 3.46. The van der Waals surface area contributed by atoms with Gasteiger partial charge in [0.2, 0.25) is 11.8 Å². The minimum atomic E-state index is -0.368. The standard InChI is InChI=1S/C29H39N3O5/c1-19-16-32(20(2)18-33)29(35)25-14-23(21-10-12-24(36-4)13-11-21)15-30-27(25)37-26(19)17-31(3)28(34)22-8-6-5-7-9-22/h10-15,19-20,22,26,33H,5-9,16-18H2,1-4H3/t19-,20-,26-/m1/s1. The number of carbonyl (C=O) groups is 2. The van der Waals surface area contributed by atoms with Crippen molar-refractivity contribution < 1.29 is 24.2 Å². The van der Waals surface area contributed by atoms with Crippen LogP contribution in [0.5, 0.6) is 11.6 Å². The molecule has 0 radical (unpaired) electrons. The topological polar surface area (TPSA) is 92.2 Å². The third-order valence-corrected chi connectivity index (χ3v) is 7.73. The van der Waals surface area contributed by atoms with Crippen molar-refractivity contribution >= 4 is 11.8 Å². The van der Waals surface area contributed by atoms with Crippen LogP contribution in [0.25, 0.3) is 11.1 Å². The van der Waals surface area contributed by atoms with E-state index in [-0.39, 0.29) is 48.3 Å². The van der Waals surface area contributed by atoms with Gasteiger partial charge in [0.15, 0.2) is 0 Å². The normalized spacial score (nSPS) is 21.3. The number of benzene rings is 1. The third kappa shape index (κ3) is 6.06. The first-order chi connectivity index (χ1) is 17.8. The molecule has 1 saturated carbocycles. The van der Waals surface area contributed by atoms with Crippen molar-refractivity contribution in [1.82, 2.24) is 14.8 Å². The van der Waals surface area contributed by atoms with E-state index in [1.807, 2.05) is 45.2 Å². The quantitative estimate of drug-likeness (QED) is 0.606. The molecule has 2 aromatic rings. The maximum Gasteiger partial charge on any atom is 0.259 e. The first-order valence-corrected chi connectivity index (χ1v) is 13.3. The molecule has 1 aliphatic heterocycles. The van der Waals surface area contributed by atoms with Gasteiger partial charge in [-0.25, -0.2) is 4.98 Å². The average Bonchev–Trinajstić information content (AvgIpc) is 2.94. The van der Waals surface area contributed by atoms with E-state index in [0.717, 1.165) is 42.6 Å². The van der Waals surface area contributed by atoms with Gasteiger partial charge in [0.25, 0.3) is 5.91 Å². The lowest BCUT2D eigenvalue weighted by molar-refractivity contribution is -0.136. The molecule has 3 atom stereocenters. The Hall–Kier alpha value is -3.13. The van der Waals surface area contributed by atoms with Gasteiger partial charge in [0, 0.05) is 37.2 Å². The van der Waals surface area contributed by atoms with Crippen LogP contribution in [0.2, 0.25) is 0 Å². The molecule has 0 spiro atoms. The zero-order chi connectivity index (χ0) is 26.5. The van der Waals surface area contributed by atoms with E-state index in [2.05, 4.69) is 4.98 Å². The largest absolute Gasteiger partial charge is 0.497 e. The van der Waals surface area contributed by atoms with Crippen molar-refractivity contribution in [3.8, 4) is 22.8 Å². The molecule has 4 rings (SSSR count). The molecular weight excluding hydrogens is 470 g/mol. The summed E-state index contributed by atoms with van der Waals surface area (Å²) in [6.07, 6.45) is 6.64. The smallest absolute Gasteiger partial charge is 0.259 e. The number of carbonyl (C=O) groups excluding carboxylic acids is 2. The second kappa shape index (κ2) is 11.9. The van der Waals surface area contributed by atoms with E-state index in [1.165, 1.54) is 6.42 Å². The summed E-state index contributed by atoms with van der Waals surface area (Å²) in [6.45, 7) is 4.52. The van der Waals surface area contributed by atoms with Crippen LogP contribution in [-0.4, -0.2) is 77.7 Å².